The number of rotatable bonds is 3. The molecule has 11 heteroatoms. The molecule has 0 saturated heterocycles. The Balaban J connectivity index is 0.000000358. The van der Waals surface area contributed by atoms with Gasteiger partial charge in [0.25, 0.3) is 0 Å². The number of aromatic carboxylic acids is 1. The molecule has 4 aromatic carbocycles. The summed E-state index contributed by atoms with van der Waals surface area (Å²) in [5.41, 5.74) is 5.28. The monoisotopic (exact) mass is 836 g/mol. The number of benzene rings is 4. The molecule has 0 atom stereocenters. The number of nitrogens with zero attached hydrogens (tertiary/aromatic N) is 8. The molecule has 0 aliphatic carbocycles. The van der Waals surface area contributed by atoms with Crippen molar-refractivity contribution in [1.29, 1.82) is 0 Å². The smallest absolute Gasteiger partial charge is 0.478 e. The van der Waals surface area contributed by atoms with E-state index in [-0.39, 0.29) is 25.0 Å². The first-order chi connectivity index (χ1) is 27.6. The van der Waals surface area contributed by atoms with Gasteiger partial charge in [0.2, 0.25) is 0 Å². The predicted octanol–water partition coefficient (Wildman–Crippen LogP) is 12.0. The molecule has 0 fully saturated rings. The van der Waals surface area contributed by atoms with Crippen molar-refractivity contribution in [2.75, 3.05) is 0 Å². The summed E-state index contributed by atoms with van der Waals surface area (Å²) in [5.74, 6) is 2.38. The van der Waals surface area contributed by atoms with Gasteiger partial charge in [-0.15, -0.1) is 0 Å². The summed E-state index contributed by atoms with van der Waals surface area (Å²) >= 11 is 0. The zero-order valence-corrected chi connectivity index (χ0v) is 38.8. The molecule has 0 unspecified atom stereocenters. The summed E-state index contributed by atoms with van der Waals surface area (Å²) in [6, 6.07) is 28.0. The molecule has 0 saturated carbocycles. The van der Waals surface area contributed by atoms with Gasteiger partial charge in [-0.25, -0.2) is 14.8 Å². The maximum absolute atomic E-state index is 11.9. The third-order valence-corrected chi connectivity index (χ3v) is 9.30. The topological polar surface area (TPSA) is 143 Å². The van der Waals surface area contributed by atoms with Crippen molar-refractivity contribution in [3.05, 3.63) is 96.6 Å². The van der Waals surface area contributed by atoms with Gasteiger partial charge < -0.3 is 35.0 Å². The van der Waals surface area contributed by atoms with E-state index in [2.05, 4.69) is 69.2 Å². The minimum atomic E-state index is -1.05. The first-order valence-electron chi connectivity index (χ1n) is 20.0. The molecular weight excluding hydrogens is 786 g/mol. The maximum atomic E-state index is 11.9. The van der Waals surface area contributed by atoms with Crippen LogP contribution in [0.1, 0.15) is 92.4 Å². The van der Waals surface area contributed by atoms with E-state index in [4.69, 9.17) is 39.9 Å². The molecule has 8 bridgehead atoms. The van der Waals surface area contributed by atoms with Crippen LogP contribution in [0.15, 0.2) is 91.0 Å². The summed E-state index contributed by atoms with van der Waals surface area (Å²) < 4.78 is 0. The fourth-order valence-corrected chi connectivity index (χ4v) is 5.64. The normalized spacial score (nSPS) is 11.3. The van der Waals surface area contributed by atoms with Gasteiger partial charge in [-0.1, -0.05) is 161 Å². The van der Waals surface area contributed by atoms with E-state index in [0.717, 1.165) is 44.5 Å². The largest absolute Gasteiger partial charge is 2.00 e. The van der Waals surface area contributed by atoms with Crippen LogP contribution in [0.2, 0.25) is 0 Å². The van der Waals surface area contributed by atoms with E-state index in [0.29, 0.717) is 62.4 Å². The molecule has 2 aliphatic heterocycles. The van der Waals surface area contributed by atoms with Crippen molar-refractivity contribution in [2.45, 2.75) is 82.1 Å². The quantitative estimate of drug-likeness (QED) is 0.171. The molecule has 0 amide bonds. The molecule has 298 valence electrons. The van der Waals surface area contributed by atoms with Gasteiger partial charge >= 0.3 is 25.4 Å². The van der Waals surface area contributed by atoms with Crippen molar-refractivity contribution >= 4 is 50.1 Å². The van der Waals surface area contributed by atoms with Gasteiger partial charge in [0.1, 0.15) is 0 Å². The molecule has 59 heavy (non-hydrogen) atoms. The second kappa shape index (κ2) is 18.9. The van der Waals surface area contributed by atoms with Gasteiger partial charge in [0, 0.05) is 44.8 Å². The van der Waals surface area contributed by atoms with Crippen LogP contribution in [0.5, 0.6) is 0 Å². The number of aromatic nitrogens is 8. The zero-order chi connectivity index (χ0) is 41.7. The number of hydrogen-bond acceptors (Lipinski definition) is 7. The fraction of sp³-hybridized carbons (Fsp3) is 0.312. The number of carboxylic acids is 1. The van der Waals surface area contributed by atoms with Crippen LogP contribution in [0.4, 0.5) is 0 Å². The minimum absolute atomic E-state index is 0. The molecule has 0 spiro atoms. The summed E-state index contributed by atoms with van der Waals surface area (Å²) in [6.45, 7) is 22.0. The van der Waals surface area contributed by atoms with E-state index in [1.807, 2.05) is 72.8 Å². The van der Waals surface area contributed by atoms with Crippen LogP contribution in [0.25, 0.3) is 89.7 Å². The number of fused-ring (bicyclic) bond motifs is 20. The SMILES string of the molecule is CC(C)(C)C.CCC(C)C.CCC(C)C.O=C(O)c1ccc2c(c1)-c1nc-2nc2[n-]c(nc3nc(nc4[n-]c(n1)c1ccccc41)-c1ccccc1-3)c1ccccc21.[Zn+2]. The third-order valence-electron chi connectivity index (χ3n) is 9.30. The van der Waals surface area contributed by atoms with Crippen LogP contribution < -0.4 is 9.97 Å². The summed E-state index contributed by atoms with van der Waals surface area (Å²) in [5, 5.41) is 12.9. The Morgan fingerprint density at radius 3 is 1.12 bits per heavy atom. The molecule has 10 nitrogen and oxygen atoms in total. The second-order valence-corrected chi connectivity index (χ2v) is 16.8. The Kier molecular flexibility index (Phi) is 14.3. The molecule has 0 radical (unpaired) electrons. The van der Waals surface area contributed by atoms with Crippen LogP contribution >= 0.6 is 0 Å². The van der Waals surface area contributed by atoms with Crippen molar-refractivity contribution in [1.82, 2.24) is 39.9 Å². The van der Waals surface area contributed by atoms with Gasteiger partial charge in [-0.05, 0) is 50.9 Å². The van der Waals surface area contributed by atoms with E-state index in [1.54, 1.807) is 12.1 Å². The van der Waals surface area contributed by atoms with Crippen molar-refractivity contribution in [3.63, 3.8) is 0 Å². The third kappa shape index (κ3) is 10.5. The Hall–Kier alpha value is -5.67. The molecule has 1 N–H and O–H groups in total. The maximum Gasteiger partial charge on any atom is 2.00 e. The fourth-order valence-electron chi connectivity index (χ4n) is 5.64. The Bertz CT molecular complexity index is 2740. The van der Waals surface area contributed by atoms with Gasteiger partial charge in [-0.2, -0.15) is 0 Å². The summed E-state index contributed by atoms with van der Waals surface area (Å²) in [7, 11) is 0. The number of carboxylic acid groups (broad SMARTS) is 1. The van der Waals surface area contributed by atoms with Crippen molar-refractivity contribution in [2.24, 2.45) is 17.3 Å². The second-order valence-electron chi connectivity index (χ2n) is 16.8. The molecule has 7 aromatic rings. The van der Waals surface area contributed by atoms with E-state index in [9.17, 15) is 9.90 Å². The van der Waals surface area contributed by atoms with Crippen molar-refractivity contribution in [3.8, 4) is 45.6 Å². The first-order valence-corrected chi connectivity index (χ1v) is 20.0. The van der Waals surface area contributed by atoms with Crippen molar-refractivity contribution < 1.29 is 29.4 Å². The summed E-state index contributed by atoms with van der Waals surface area (Å²) in [4.78, 5) is 50.7. The molecule has 3 aromatic heterocycles. The Morgan fingerprint density at radius 1 is 0.525 bits per heavy atom. The van der Waals surface area contributed by atoms with Gasteiger partial charge in [0.15, 0.2) is 0 Å². The number of carbonyl (C=O) groups is 1. The molecule has 9 rings (SSSR count). The molecule has 2 aliphatic rings. The standard InChI is InChI=1S/C33H17N8O2.3C5H12.Zn/c42-33(43)16-13-14-23-24(15-16)32-40-30-22-12-6-5-11-21(22)28(38-30)36-26-18-8-2-1-7-17(18)25(34-26)35-27-19-9-3-4-10-20(19)29(37-27)39-31(23)41-32;1-5(2,3)4;2*1-4-5(2)3;/h1-15H,(H2-,34,35,36,37,38,39,40,41,42,43);1-4H3;2*5H,4H2,1-3H3;/q-1;;;;+2/p-1. The average molecular weight is 838 g/mol. The average Bonchev–Trinajstić information content (AvgIpc) is 3.93. The van der Waals surface area contributed by atoms with Crippen LogP contribution in [0, 0.1) is 17.3 Å². The van der Waals surface area contributed by atoms with Gasteiger partial charge in [-0.3, -0.25) is 0 Å². The first kappa shape index (κ1) is 44.4. The zero-order valence-electron chi connectivity index (χ0n) is 35.9. The minimum Gasteiger partial charge on any atom is -0.478 e. The van der Waals surface area contributed by atoms with E-state index in [1.165, 1.54) is 18.9 Å². The van der Waals surface area contributed by atoms with E-state index >= 15 is 0 Å². The Labute approximate surface area is 359 Å². The van der Waals surface area contributed by atoms with Gasteiger partial charge in [0.05, 0.1) is 28.9 Å². The number of hydrogen-bond donors (Lipinski definition) is 1. The Morgan fingerprint density at radius 2 is 0.814 bits per heavy atom. The van der Waals surface area contributed by atoms with E-state index < -0.39 is 5.97 Å². The molecular formula is C48H52N8O2Zn. The predicted molar refractivity (Wildman–Crippen MR) is 236 cm³/mol. The summed E-state index contributed by atoms with van der Waals surface area (Å²) in [6.07, 6.45) is 2.61. The molecule has 5 heterocycles. The van der Waals surface area contributed by atoms with Crippen LogP contribution in [0.3, 0.4) is 0 Å². The van der Waals surface area contributed by atoms with Crippen LogP contribution in [-0.2, 0) is 19.5 Å². The van der Waals surface area contributed by atoms with Crippen LogP contribution in [-0.4, -0.2) is 41.0 Å².